The molecule has 0 aliphatic carbocycles. The highest BCUT2D eigenvalue weighted by atomic mass is 127. The maximum Gasteiger partial charge on any atom is 0.410 e. The number of hydrogen-bond acceptors (Lipinski definition) is 5. The van der Waals surface area contributed by atoms with E-state index in [1.165, 1.54) is 0 Å². The summed E-state index contributed by atoms with van der Waals surface area (Å²) in [6.07, 6.45) is 1.32. The quantitative estimate of drug-likeness (QED) is 0.269. The van der Waals surface area contributed by atoms with Gasteiger partial charge in [0, 0.05) is 52.4 Å². The lowest BCUT2D eigenvalue weighted by atomic mass is 10.2. The Hall–Kier alpha value is -0.810. The zero-order chi connectivity index (χ0) is 20.0. The van der Waals surface area contributed by atoms with Crippen molar-refractivity contribution in [3.8, 4) is 0 Å². The van der Waals surface area contributed by atoms with E-state index in [1.807, 2.05) is 25.7 Å². The van der Waals surface area contributed by atoms with E-state index in [2.05, 4.69) is 23.7 Å². The molecular weight excluding hydrogens is 473 g/mol. The molecule has 0 aromatic heterocycles. The molecule has 0 bridgehead atoms. The van der Waals surface area contributed by atoms with Crippen molar-refractivity contribution in [2.24, 2.45) is 10.7 Å². The zero-order valence-corrected chi connectivity index (χ0v) is 20.3. The summed E-state index contributed by atoms with van der Waals surface area (Å²) in [6, 6.07) is 0. The molecule has 0 saturated carbocycles. The van der Waals surface area contributed by atoms with Gasteiger partial charge in [-0.2, -0.15) is 0 Å². The van der Waals surface area contributed by atoms with Crippen LogP contribution < -0.4 is 5.73 Å². The average molecular weight is 511 g/mol. The summed E-state index contributed by atoms with van der Waals surface area (Å²) >= 11 is 0. The Morgan fingerprint density at radius 3 is 2.18 bits per heavy atom. The molecule has 2 fully saturated rings. The fraction of sp³-hybridized carbons (Fsp3) is 0.895. The van der Waals surface area contributed by atoms with Crippen molar-refractivity contribution >= 4 is 36.0 Å². The smallest absolute Gasteiger partial charge is 0.410 e. The van der Waals surface area contributed by atoms with Crippen LogP contribution in [0.2, 0.25) is 0 Å². The van der Waals surface area contributed by atoms with Crippen LogP contribution in [0.3, 0.4) is 0 Å². The molecule has 2 rings (SSSR count). The molecule has 2 aliphatic heterocycles. The van der Waals surface area contributed by atoms with E-state index in [0.29, 0.717) is 44.3 Å². The van der Waals surface area contributed by atoms with Gasteiger partial charge in [-0.05, 0) is 41.0 Å². The summed E-state index contributed by atoms with van der Waals surface area (Å²) in [4.78, 5) is 22.8. The second kappa shape index (κ2) is 11.4. The van der Waals surface area contributed by atoms with E-state index in [0.717, 1.165) is 32.6 Å². The number of morpholine rings is 1. The van der Waals surface area contributed by atoms with Crippen molar-refractivity contribution in [2.45, 2.75) is 58.8 Å². The number of amides is 1. The molecule has 0 aromatic carbocycles. The highest BCUT2D eigenvalue weighted by molar-refractivity contribution is 14.0. The van der Waals surface area contributed by atoms with Gasteiger partial charge in [-0.15, -0.1) is 24.0 Å². The number of carbonyl (C=O) groups is 1. The van der Waals surface area contributed by atoms with Crippen molar-refractivity contribution < 1.29 is 14.3 Å². The predicted octanol–water partition coefficient (Wildman–Crippen LogP) is 1.97. The zero-order valence-electron chi connectivity index (χ0n) is 18.0. The van der Waals surface area contributed by atoms with Crippen LogP contribution in [-0.2, 0) is 9.47 Å². The number of hydrogen-bond donors (Lipinski definition) is 1. The number of ether oxygens (including phenoxy) is 2. The van der Waals surface area contributed by atoms with E-state index in [4.69, 9.17) is 15.2 Å². The van der Waals surface area contributed by atoms with Crippen LogP contribution in [0.25, 0.3) is 0 Å². The van der Waals surface area contributed by atoms with Crippen molar-refractivity contribution in [3.05, 3.63) is 0 Å². The number of carbonyl (C=O) groups excluding carboxylic acids is 1. The monoisotopic (exact) mass is 511 g/mol. The van der Waals surface area contributed by atoms with Gasteiger partial charge < -0.3 is 25.0 Å². The van der Waals surface area contributed by atoms with Gasteiger partial charge in [0.25, 0.3) is 0 Å². The van der Waals surface area contributed by atoms with Gasteiger partial charge in [-0.3, -0.25) is 9.89 Å². The van der Waals surface area contributed by atoms with Gasteiger partial charge in [0.05, 0.1) is 12.2 Å². The van der Waals surface area contributed by atoms with Crippen LogP contribution in [0, 0.1) is 0 Å². The van der Waals surface area contributed by atoms with Crippen LogP contribution >= 0.6 is 24.0 Å². The standard InChI is InChI=1S/C19H37N5O3.HI/c1-15-13-22(14-16(2)26-15)8-6-7-21-17(20)23-9-11-24(12-10-23)18(25)27-19(3,4)5;/h15-16H,6-14H2,1-5H3,(H2,20,21);1H. The third-order valence-corrected chi connectivity index (χ3v) is 4.66. The Bertz CT molecular complexity index is 508. The number of rotatable bonds is 4. The van der Waals surface area contributed by atoms with Gasteiger partial charge in [0.2, 0.25) is 0 Å². The number of piperazine rings is 1. The highest BCUT2D eigenvalue weighted by Crippen LogP contribution is 2.12. The maximum absolute atomic E-state index is 12.1. The molecule has 0 radical (unpaired) electrons. The minimum atomic E-state index is -0.467. The van der Waals surface area contributed by atoms with Gasteiger partial charge in [0.1, 0.15) is 5.60 Å². The summed E-state index contributed by atoms with van der Waals surface area (Å²) in [5.41, 5.74) is 5.68. The summed E-state index contributed by atoms with van der Waals surface area (Å²) in [7, 11) is 0. The Morgan fingerprint density at radius 1 is 1.11 bits per heavy atom. The number of halogens is 1. The second-order valence-corrected chi connectivity index (χ2v) is 8.56. The fourth-order valence-corrected chi connectivity index (χ4v) is 3.50. The number of aliphatic imine (C=N–C) groups is 1. The van der Waals surface area contributed by atoms with Crippen LogP contribution in [-0.4, -0.2) is 96.9 Å². The van der Waals surface area contributed by atoms with Gasteiger partial charge >= 0.3 is 6.09 Å². The minimum absolute atomic E-state index is 0. The first-order valence-electron chi connectivity index (χ1n) is 10.0. The average Bonchev–Trinajstić information content (AvgIpc) is 2.56. The highest BCUT2D eigenvalue weighted by Gasteiger charge is 2.26. The van der Waals surface area contributed by atoms with Crippen molar-refractivity contribution in [2.75, 3.05) is 52.4 Å². The molecule has 0 aromatic rings. The first kappa shape index (κ1) is 25.2. The largest absolute Gasteiger partial charge is 0.444 e. The Labute approximate surface area is 186 Å². The number of nitrogens with two attached hydrogens (primary N) is 1. The van der Waals surface area contributed by atoms with Crippen molar-refractivity contribution in [1.82, 2.24) is 14.7 Å². The Balaban J connectivity index is 0.00000392. The first-order valence-corrected chi connectivity index (χ1v) is 10.0. The van der Waals surface area contributed by atoms with Crippen LogP contribution in [0.15, 0.2) is 4.99 Å². The lowest BCUT2D eigenvalue weighted by molar-refractivity contribution is -0.0679. The molecule has 28 heavy (non-hydrogen) atoms. The Kier molecular flexibility index (Phi) is 10.3. The molecule has 2 unspecified atom stereocenters. The molecule has 2 saturated heterocycles. The molecule has 1 amide bonds. The molecule has 8 nitrogen and oxygen atoms in total. The Morgan fingerprint density at radius 2 is 1.64 bits per heavy atom. The predicted molar refractivity (Wildman–Crippen MR) is 122 cm³/mol. The molecule has 2 heterocycles. The van der Waals surface area contributed by atoms with Crippen molar-refractivity contribution in [3.63, 3.8) is 0 Å². The summed E-state index contributed by atoms with van der Waals surface area (Å²) < 4.78 is 11.2. The van der Waals surface area contributed by atoms with E-state index < -0.39 is 5.60 Å². The van der Waals surface area contributed by atoms with Crippen LogP contribution in [0.4, 0.5) is 4.79 Å². The topological polar surface area (TPSA) is 83.6 Å². The van der Waals surface area contributed by atoms with Gasteiger partial charge in [-0.25, -0.2) is 4.79 Å². The van der Waals surface area contributed by atoms with Crippen LogP contribution in [0.1, 0.15) is 41.0 Å². The molecule has 9 heteroatoms. The second-order valence-electron chi connectivity index (χ2n) is 8.56. The van der Waals surface area contributed by atoms with Crippen molar-refractivity contribution in [1.29, 1.82) is 0 Å². The van der Waals surface area contributed by atoms with E-state index >= 15 is 0 Å². The molecule has 2 atom stereocenters. The minimum Gasteiger partial charge on any atom is -0.444 e. The summed E-state index contributed by atoms with van der Waals surface area (Å²) in [5.74, 6) is 0.572. The summed E-state index contributed by atoms with van der Waals surface area (Å²) in [6.45, 7) is 16.2. The maximum atomic E-state index is 12.1. The van der Waals surface area contributed by atoms with E-state index in [9.17, 15) is 4.79 Å². The number of guanidine groups is 1. The first-order chi connectivity index (χ1) is 12.6. The molecule has 2 aliphatic rings. The molecule has 2 N–H and O–H groups in total. The number of nitrogens with zero attached hydrogens (tertiary/aromatic N) is 4. The van der Waals surface area contributed by atoms with E-state index in [1.54, 1.807) is 4.90 Å². The van der Waals surface area contributed by atoms with Crippen LogP contribution in [0.5, 0.6) is 0 Å². The molecule has 0 spiro atoms. The van der Waals surface area contributed by atoms with Gasteiger partial charge in [0.15, 0.2) is 5.96 Å². The lowest BCUT2D eigenvalue weighted by Crippen LogP contribution is -2.53. The van der Waals surface area contributed by atoms with Gasteiger partial charge in [-0.1, -0.05) is 0 Å². The summed E-state index contributed by atoms with van der Waals surface area (Å²) in [5, 5.41) is 0. The normalized spacial score (nSPS) is 24.7. The molecular formula is C19H38IN5O3. The third kappa shape index (κ3) is 8.69. The third-order valence-electron chi connectivity index (χ3n) is 4.66. The lowest BCUT2D eigenvalue weighted by Gasteiger charge is -2.36. The SMILES string of the molecule is CC1CN(CCCN=C(N)N2CCN(C(=O)OC(C)(C)C)CC2)CC(C)O1.I. The fourth-order valence-electron chi connectivity index (χ4n) is 3.50. The van der Waals surface area contributed by atoms with E-state index in [-0.39, 0.29) is 30.1 Å². The molecule has 164 valence electrons.